The van der Waals surface area contributed by atoms with Crippen molar-refractivity contribution in [2.75, 3.05) is 13.2 Å². The predicted molar refractivity (Wildman–Crippen MR) is 34.9 cm³/mol. The normalized spacial score (nSPS) is 7.08. The van der Waals surface area contributed by atoms with Crippen molar-refractivity contribution >= 4 is 12.1 Å². The number of carbonyl (C=O) groups excluding carboxylic acids is 1. The molecule has 0 saturated carbocycles. The Hall–Kier alpha value is 0.740. The summed E-state index contributed by atoms with van der Waals surface area (Å²) in [7, 11) is 0. The van der Waals surface area contributed by atoms with E-state index in [2.05, 4.69) is 4.74 Å². The summed E-state index contributed by atoms with van der Waals surface area (Å²) in [6.07, 6.45) is -1.23. The van der Waals surface area contributed by atoms with Crippen molar-refractivity contribution in [2.24, 2.45) is 0 Å². The van der Waals surface area contributed by atoms with Crippen molar-refractivity contribution in [3.63, 3.8) is 0 Å². The quantitative estimate of drug-likeness (QED) is 0.347. The van der Waals surface area contributed by atoms with Gasteiger partial charge < -0.3 is 18.0 Å². The molecule has 0 aromatic carbocycles. The topological polar surface area (TPSA) is 75.6 Å². The first-order valence-electron chi connectivity index (χ1n) is 2.79. The van der Waals surface area contributed by atoms with Crippen LogP contribution in [0.1, 0.15) is 9.78 Å². The molecule has 0 radical (unpaired) electrons. The van der Waals surface area contributed by atoms with Gasteiger partial charge in [-0.25, -0.2) is 4.79 Å². The molecule has 0 aliphatic rings. The summed E-state index contributed by atoms with van der Waals surface area (Å²) < 4.78 is 4.43. The minimum absolute atomic E-state index is 0. The number of hydrogen-bond donors (Lipinski definition) is 2. The largest absolute Gasteiger partial charge is 1.00 e. The van der Waals surface area contributed by atoms with Gasteiger partial charge in [-0.15, -0.1) is 0 Å². The van der Waals surface area contributed by atoms with Crippen LogP contribution < -0.4 is 64.4 Å². The van der Waals surface area contributed by atoms with Crippen LogP contribution in [-0.4, -0.2) is 30.3 Å². The van der Waals surface area contributed by atoms with Crippen molar-refractivity contribution in [1.82, 2.24) is 5.32 Å². The minimum atomic E-state index is -1.23. The molecule has 0 unspecified atom stereocenters. The predicted octanol–water partition coefficient (Wildman–Crippen LogP) is -5.95. The summed E-state index contributed by atoms with van der Waals surface area (Å²) in [6, 6.07) is 0. The molecule has 0 aromatic heterocycles. The second-order valence-corrected chi connectivity index (χ2v) is 1.46. The van der Waals surface area contributed by atoms with E-state index in [0.717, 1.165) is 0 Å². The van der Waals surface area contributed by atoms with E-state index in [9.17, 15) is 9.59 Å². The number of ether oxygens (including phenoxy) is 1. The summed E-state index contributed by atoms with van der Waals surface area (Å²) in [4.78, 5) is 20.2. The van der Waals surface area contributed by atoms with E-state index in [1.54, 1.807) is 6.92 Å². The molecule has 0 fully saturated rings. The second kappa shape index (κ2) is 11.7. The Morgan fingerprint density at radius 1 is 1.50 bits per heavy atom. The molecule has 7 heteroatoms. The molecule has 0 saturated heterocycles. The third-order valence-corrected chi connectivity index (χ3v) is 0.689. The van der Waals surface area contributed by atoms with E-state index in [1.807, 2.05) is 5.32 Å². The molecular formula is C5H11NNa2O4. The first-order valence-corrected chi connectivity index (χ1v) is 2.79. The maximum absolute atomic E-state index is 10.4. The van der Waals surface area contributed by atoms with E-state index in [1.165, 1.54) is 0 Å². The molecule has 0 aliphatic heterocycles. The van der Waals surface area contributed by atoms with Gasteiger partial charge in [0.25, 0.3) is 0 Å². The van der Waals surface area contributed by atoms with Gasteiger partial charge in [-0.05, 0) is 6.92 Å². The van der Waals surface area contributed by atoms with Crippen LogP contribution in [0.4, 0.5) is 4.79 Å². The average Bonchev–Trinajstić information content (AvgIpc) is 1.85. The summed E-state index contributed by atoms with van der Waals surface area (Å²) >= 11 is 0. The summed E-state index contributed by atoms with van der Waals surface area (Å²) in [6.45, 7) is 1.63. The fourth-order valence-corrected chi connectivity index (χ4v) is 0.360. The van der Waals surface area contributed by atoms with Gasteiger partial charge in [-0.3, -0.25) is 4.79 Å². The van der Waals surface area contributed by atoms with Crippen LogP contribution >= 0.6 is 0 Å². The van der Waals surface area contributed by atoms with Crippen molar-refractivity contribution in [2.45, 2.75) is 6.92 Å². The standard InChI is InChI=1S/C5H9NO4.2Na.2H/c1-2-10-4(7)3-6-5(8)9;;;;/h6H,2-3H2,1H3,(H,8,9);;;;/q;2*+1;2*-1. The van der Waals surface area contributed by atoms with Crippen molar-refractivity contribution < 1.29 is 81.4 Å². The Bertz CT molecular complexity index is 150. The van der Waals surface area contributed by atoms with Gasteiger partial charge in [-0.2, -0.15) is 0 Å². The monoisotopic (exact) mass is 195 g/mol. The summed E-state index contributed by atoms with van der Waals surface area (Å²) in [5, 5.41) is 9.88. The Morgan fingerprint density at radius 3 is 2.33 bits per heavy atom. The van der Waals surface area contributed by atoms with E-state index in [4.69, 9.17) is 5.11 Å². The molecule has 12 heavy (non-hydrogen) atoms. The molecule has 1 amide bonds. The van der Waals surface area contributed by atoms with Gasteiger partial charge in [0.1, 0.15) is 6.54 Å². The van der Waals surface area contributed by atoms with Gasteiger partial charge >= 0.3 is 71.2 Å². The van der Waals surface area contributed by atoms with Crippen molar-refractivity contribution in [3.8, 4) is 0 Å². The molecule has 0 heterocycles. The molecule has 0 atom stereocenters. The van der Waals surface area contributed by atoms with Gasteiger partial charge in [0.05, 0.1) is 6.61 Å². The van der Waals surface area contributed by atoms with Crippen LogP contribution in [0.25, 0.3) is 0 Å². The number of rotatable bonds is 3. The number of amides is 1. The number of hydrogen-bond acceptors (Lipinski definition) is 3. The van der Waals surface area contributed by atoms with E-state index in [0.29, 0.717) is 0 Å². The van der Waals surface area contributed by atoms with Crippen molar-refractivity contribution in [1.29, 1.82) is 0 Å². The maximum Gasteiger partial charge on any atom is 1.00 e. The van der Waals surface area contributed by atoms with Gasteiger partial charge in [0, 0.05) is 0 Å². The molecule has 0 rings (SSSR count). The third-order valence-electron chi connectivity index (χ3n) is 0.689. The molecule has 0 bridgehead atoms. The molecule has 0 aromatic rings. The second-order valence-electron chi connectivity index (χ2n) is 1.46. The first kappa shape index (κ1) is 18.5. The number of esters is 1. The third kappa shape index (κ3) is 13.3. The SMILES string of the molecule is CCOC(=O)CNC(=O)O.[H-].[H-].[Na+].[Na+]. The Morgan fingerprint density at radius 2 is 2.00 bits per heavy atom. The summed E-state index contributed by atoms with van der Waals surface area (Å²) in [5.74, 6) is -0.565. The number of carbonyl (C=O) groups is 2. The van der Waals surface area contributed by atoms with E-state index < -0.39 is 12.1 Å². The molecule has 5 nitrogen and oxygen atoms in total. The zero-order chi connectivity index (χ0) is 7.98. The van der Waals surface area contributed by atoms with E-state index >= 15 is 0 Å². The van der Waals surface area contributed by atoms with Gasteiger partial charge in [0.2, 0.25) is 0 Å². The zero-order valence-electron chi connectivity index (χ0n) is 9.59. The van der Waals surface area contributed by atoms with Crippen LogP contribution in [-0.2, 0) is 9.53 Å². The molecule has 2 N–H and O–H groups in total. The average molecular weight is 195 g/mol. The Kier molecular flexibility index (Phi) is 18.1. The molecular weight excluding hydrogens is 184 g/mol. The fourth-order valence-electron chi connectivity index (χ4n) is 0.360. The first-order chi connectivity index (χ1) is 4.66. The van der Waals surface area contributed by atoms with Crippen LogP contribution in [0.3, 0.4) is 0 Å². The molecule has 0 spiro atoms. The van der Waals surface area contributed by atoms with Crippen LogP contribution in [0.5, 0.6) is 0 Å². The van der Waals surface area contributed by atoms with Gasteiger partial charge in [0.15, 0.2) is 0 Å². The van der Waals surface area contributed by atoms with Crippen LogP contribution in [0.15, 0.2) is 0 Å². The molecule has 0 aliphatic carbocycles. The van der Waals surface area contributed by atoms with E-state index in [-0.39, 0.29) is 75.1 Å². The van der Waals surface area contributed by atoms with Crippen LogP contribution in [0, 0.1) is 0 Å². The Labute approximate surface area is 118 Å². The molecule has 62 valence electrons. The minimum Gasteiger partial charge on any atom is -1.00 e. The Balaban J connectivity index is -0.0000000675. The summed E-state index contributed by atoms with van der Waals surface area (Å²) in [5.41, 5.74) is 0. The smallest absolute Gasteiger partial charge is 1.00 e. The zero-order valence-corrected chi connectivity index (χ0v) is 11.6. The van der Waals surface area contributed by atoms with Gasteiger partial charge in [-0.1, -0.05) is 0 Å². The van der Waals surface area contributed by atoms with Crippen LogP contribution in [0.2, 0.25) is 0 Å². The number of nitrogens with one attached hydrogen (secondary N) is 1. The maximum atomic E-state index is 10.4. The number of carboxylic acid groups (broad SMARTS) is 1. The fraction of sp³-hybridized carbons (Fsp3) is 0.600. The van der Waals surface area contributed by atoms with Crippen molar-refractivity contribution in [3.05, 3.63) is 0 Å².